The van der Waals surface area contributed by atoms with Crippen LogP contribution in [0.15, 0.2) is 12.4 Å². The summed E-state index contributed by atoms with van der Waals surface area (Å²) in [7, 11) is 2.17. The van der Waals surface area contributed by atoms with E-state index in [2.05, 4.69) is 26.8 Å². The summed E-state index contributed by atoms with van der Waals surface area (Å²) in [6.45, 7) is 7.25. The minimum absolute atomic E-state index is 0.0247. The molecule has 0 aromatic carbocycles. The van der Waals surface area contributed by atoms with Gasteiger partial charge in [0, 0.05) is 62.5 Å². The van der Waals surface area contributed by atoms with Gasteiger partial charge in [0.05, 0.1) is 5.56 Å². The minimum Gasteiger partial charge on any atom is -0.339 e. The maximum Gasteiger partial charge on any atom is 0.256 e. The van der Waals surface area contributed by atoms with E-state index in [1.807, 2.05) is 18.7 Å². The highest BCUT2D eigenvalue weighted by Crippen LogP contribution is 2.32. The number of ketones is 1. The highest BCUT2D eigenvalue weighted by molar-refractivity contribution is 5.94. The fourth-order valence-electron chi connectivity index (χ4n) is 5.03. The highest BCUT2D eigenvalue weighted by atomic mass is 16.2. The first-order valence-electron chi connectivity index (χ1n) is 10.6. The number of likely N-dealkylation sites (tertiary alicyclic amines) is 2. The second-order valence-corrected chi connectivity index (χ2v) is 8.91. The van der Waals surface area contributed by atoms with E-state index in [1.165, 1.54) is 12.8 Å². The molecule has 7 heteroatoms. The topological polar surface area (TPSA) is 69.6 Å². The van der Waals surface area contributed by atoms with Gasteiger partial charge in [-0.1, -0.05) is 13.8 Å². The van der Waals surface area contributed by atoms with Crippen LogP contribution in [0.2, 0.25) is 0 Å². The largest absolute Gasteiger partial charge is 0.339 e. The standard InChI is InChI=1S/C21H31N5O2/c1-14(2)19(27)15-6-8-25(9-7-15)20(28)16-10-22-21(23-11-16)26-17-4-5-18(26)13-24(3)12-17/h10-11,14-15,17-18H,4-9,12-13H2,1-3H3. The van der Waals surface area contributed by atoms with Crippen molar-refractivity contribution in [3.05, 3.63) is 18.0 Å². The Morgan fingerprint density at radius 3 is 2.11 bits per heavy atom. The third-order valence-electron chi connectivity index (χ3n) is 6.53. The van der Waals surface area contributed by atoms with Crippen molar-refractivity contribution in [2.45, 2.75) is 51.6 Å². The van der Waals surface area contributed by atoms with Crippen LogP contribution >= 0.6 is 0 Å². The van der Waals surface area contributed by atoms with Crippen LogP contribution in [0, 0.1) is 11.8 Å². The molecule has 4 rings (SSSR count). The summed E-state index contributed by atoms with van der Waals surface area (Å²) in [4.78, 5) is 40.7. The van der Waals surface area contributed by atoms with Crippen LogP contribution < -0.4 is 4.90 Å². The van der Waals surface area contributed by atoms with Crippen LogP contribution in [0.5, 0.6) is 0 Å². The maximum atomic E-state index is 12.8. The number of hydrogen-bond donors (Lipinski definition) is 0. The zero-order valence-electron chi connectivity index (χ0n) is 17.2. The van der Waals surface area contributed by atoms with E-state index in [0.717, 1.165) is 31.9 Å². The SMILES string of the molecule is CC(C)C(=O)C1CCN(C(=O)c2cnc(N3C4CCC3CN(C)C4)nc2)CC1. The Hall–Kier alpha value is -2.02. The fourth-order valence-corrected chi connectivity index (χ4v) is 5.03. The number of piperidine rings is 1. The quantitative estimate of drug-likeness (QED) is 0.788. The molecule has 7 nitrogen and oxygen atoms in total. The van der Waals surface area contributed by atoms with Crippen LogP contribution in [0.1, 0.15) is 49.9 Å². The number of nitrogens with zero attached hydrogens (tertiary/aromatic N) is 5. The normalized spacial score (nSPS) is 26.1. The van der Waals surface area contributed by atoms with E-state index >= 15 is 0 Å². The number of rotatable bonds is 4. The van der Waals surface area contributed by atoms with Gasteiger partial charge in [0.1, 0.15) is 5.78 Å². The lowest BCUT2D eigenvalue weighted by Gasteiger charge is -2.39. The Morgan fingerprint density at radius 2 is 1.57 bits per heavy atom. The molecule has 0 spiro atoms. The summed E-state index contributed by atoms with van der Waals surface area (Å²) >= 11 is 0. The van der Waals surface area contributed by atoms with Gasteiger partial charge in [-0.3, -0.25) is 9.59 Å². The molecule has 28 heavy (non-hydrogen) atoms. The number of carbonyl (C=O) groups is 2. The zero-order valence-corrected chi connectivity index (χ0v) is 17.2. The van der Waals surface area contributed by atoms with Gasteiger partial charge in [-0.15, -0.1) is 0 Å². The Morgan fingerprint density at radius 1 is 1.00 bits per heavy atom. The van der Waals surface area contributed by atoms with Crippen molar-refractivity contribution in [1.29, 1.82) is 0 Å². The summed E-state index contributed by atoms with van der Waals surface area (Å²) in [6, 6.07) is 0.950. The van der Waals surface area contributed by atoms with Crippen molar-refractivity contribution >= 4 is 17.6 Å². The van der Waals surface area contributed by atoms with E-state index in [4.69, 9.17) is 0 Å². The van der Waals surface area contributed by atoms with E-state index in [-0.39, 0.29) is 17.7 Å². The number of anilines is 1. The molecule has 3 aliphatic rings. The summed E-state index contributed by atoms with van der Waals surface area (Å²) in [6.07, 6.45) is 7.23. The van der Waals surface area contributed by atoms with Gasteiger partial charge < -0.3 is 14.7 Å². The highest BCUT2D eigenvalue weighted by Gasteiger charge is 2.40. The number of amides is 1. The average Bonchev–Trinajstić information content (AvgIpc) is 2.98. The van der Waals surface area contributed by atoms with Crippen LogP contribution in [0.25, 0.3) is 0 Å². The number of aromatic nitrogens is 2. The first-order chi connectivity index (χ1) is 13.4. The summed E-state index contributed by atoms with van der Waals surface area (Å²) in [5.41, 5.74) is 0.541. The molecule has 3 saturated heterocycles. The molecule has 0 radical (unpaired) electrons. The maximum absolute atomic E-state index is 12.8. The lowest BCUT2D eigenvalue weighted by atomic mass is 9.87. The van der Waals surface area contributed by atoms with Gasteiger partial charge in [0.15, 0.2) is 0 Å². The van der Waals surface area contributed by atoms with Crippen molar-refractivity contribution in [1.82, 2.24) is 19.8 Å². The van der Waals surface area contributed by atoms with Gasteiger partial charge in [-0.25, -0.2) is 9.97 Å². The molecule has 3 aliphatic heterocycles. The Balaban J connectivity index is 1.38. The Labute approximate surface area is 167 Å². The van der Waals surface area contributed by atoms with Crippen molar-refractivity contribution < 1.29 is 9.59 Å². The van der Waals surface area contributed by atoms with Gasteiger partial charge in [0.2, 0.25) is 5.95 Å². The number of fused-ring (bicyclic) bond motifs is 2. The molecule has 1 aromatic heterocycles. The van der Waals surface area contributed by atoms with Crippen molar-refractivity contribution in [2.75, 3.05) is 38.1 Å². The molecule has 4 heterocycles. The smallest absolute Gasteiger partial charge is 0.256 e. The van der Waals surface area contributed by atoms with Gasteiger partial charge >= 0.3 is 0 Å². The first-order valence-corrected chi connectivity index (χ1v) is 10.6. The molecular weight excluding hydrogens is 354 g/mol. The molecule has 0 aliphatic carbocycles. The molecule has 152 valence electrons. The summed E-state index contributed by atoms with van der Waals surface area (Å²) < 4.78 is 0. The van der Waals surface area contributed by atoms with Crippen molar-refractivity contribution in [3.8, 4) is 0 Å². The Bertz CT molecular complexity index is 713. The van der Waals surface area contributed by atoms with E-state index in [1.54, 1.807) is 12.4 Å². The molecule has 2 atom stereocenters. The lowest BCUT2D eigenvalue weighted by Crippen LogP contribution is -2.53. The van der Waals surface area contributed by atoms with Crippen LogP contribution in [0.4, 0.5) is 5.95 Å². The molecule has 2 bridgehead atoms. The number of carbonyl (C=O) groups excluding carboxylic acids is 2. The van der Waals surface area contributed by atoms with Crippen LogP contribution in [-0.2, 0) is 4.79 Å². The number of piperazine rings is 1. The average molecular weight is 386 g/mol. The van der Waals surface area contributed by atoms with E-state index in [9.17, 15) is 9.59 Å². The molecular formula is C21H31N5O2. The molecule has 0 saturated carbocycles. The zero-order chi connectivity index (χ0) is 19.8. The fraction of sp³-hybridized carbons (Fsp3) is 0.714. The van der Waals surface area contributed by atoms with Crippen molar-refractivity contribution in [2.24, 2.45) is 11.8 Å². The molecule has 1 amide bonds. The summed E-state index contributed by atoms with van der Waals surface area (Å²) in [5.74, 6) is 1.21. The van der Waals surface area contributed by atoms with E-state index < -0.39 is 0 Å². The third kappa shape index (κ3) is 3.64. The number of hydrogen-bond acceptors (Lipinski definition) is 6. The molecule has 1 aromatic rings. The lowest BCUT2D eigenvalue weighted by molar-refractivity contribution is -0.127. The first kappa shape index (κ1) is 19.3. The predicted octanol–water partition coefficient (Wildman–Crippen LogP) is 1.84. The monoisotopic (exact) mass is 385 g/mol. The summed E-state index contributed by atoms with van der Waals surface area (Å²) in [5, 5.41) is 0. The molecule has 3 fully saturated rings. The van der Waals surface area contributed by atoms with Crippen molar-refractivity contribution in [3.63, 3.8) is 0 Å². The second kappa shape index (κ2) is 7.78. The minimum atomic E-state index is -0.0247. The van der Waals surface area contributed by atoms with E-state index in [0.29, 0.717) is 36.5 Å². The third-order valence-corrected chi connectivity index (χ3v) is 6.53. The second-order valence-electron chi connectivity index (χ2n) is 8.91. The predicted molar refractivity (Wildman–Crippen MR) is 107 cm³/mol. The van der Waals surface area contributed by atoms with Gasteiger partial charge in [-0.05, 0) is 32.7 Å². The Kier molecular flexibility index (Phi) is 5.36. The number of Topliss-reactive ketones (excluding diaryl/α,β-unsaturated/α-hetero) is 1. The van der Waals surface area contributed by atoms with Crippen LogP contribution in [-0.4, -0.2) is 76.8 Å². The van der Waals surface area contributed by atoms with Crippen LogP contribution in [0.3, 0.4) is 0 Å². The number of likely N-dealkylation sites (N-methyl/N-ethyl adjacent to an activating group) is 1. The van der Waals surface area contributed by atoms with Gasteiger partial charge in [0.25, 0.3) is 5.91 Å². The van der Waals surface area contributed by atoms with Gasteiger partial charge in [-0.2, -0.15) is 0 Å². The molecule has 2 unspecified atom stereocenters. The molecule has 0 N–H and O–H groups in total.